The Kier molecular flexibility index (Phi) is 3.78. The van der Waals surface area contributed by atoms with E-state index in [0.29, 0.717) is 10.6 Å². The molecule has 0 amide bonds. The zero-order valence-electron chi connectivity index (χ0n) is 9.24. The molecule has 2 N–H and O–H groups in total. The highest BCUT2D eigenvalue weighted by Crippen LogP contribution is 2.37. The number of benzene rings is 1. The molecule has 0 aromatic heterocycles. The number of carboxylic acid groups (broad SMARTS) is 1. The molecule has 1 aromatic rings. The summed E-state index contributed by atoms with van der Waals surface area (Å²) in [6.45, 7) is 3.51. The number of rotatable bonds is 3. The Hall–Kier alpha value is -1.26. The van der Waals surface area contributed by atoms with E-state index in [-0.39, 0.29) is 11.3 Å². The summed E-state index contributed by atoms with van der Waals surface area (Å²) in [5.41, 5.74) is 1.68. The van der Waals surface area contributed by atoms with Gasteiger partial charge in [0.25, 0.3) is 0 Å². The van der Waals surface area contributed by atoms with E-state index in [9.17, 15) is 9.90 Å². The van der Waals surface area contributed by atoms with Crippen molar-refractivity contribution < 1.29 is 19.7 Å². The molecule has 1 rings (SSSR count). The van der Waals surface area contributed by atoms with E-state index in [1.165, 1.54) is 7.11 Å². The van der Waals surface area contributed by atoms with Gasteiger partial charge in [0, 0.05) is 5.56 Å². The lowest BCUT2D eigenvalue weighted by molar-refractivity contribution is -0.147. The number of hydrogen-bond donors (Lipinski definition) is 2. The van der Waals surface area contributed by atoms with Crippen LogP contribution in [0.3, 0.4) is 0 Å². The van der Waals surface area contributed by atoms with E-state index in [2.05, 4.69) is 0 Å². The van der Waals surface area contributed by atoms with Crippen LogP contribution in [0.15, 0.2) is 6.07 Å². The Morgan fingerprint density at radius 1 is 1.50 bits per heavy atom. The number of aliphatic hydroxyl groups excluding tert-OH is 1. The average molecular weight is 245 g/mol. The second-order valence-electron chi connectivity index (χ2n) is 3.49. The second-order valence-corrected chi connectivity index (χ2v) is 3.90. The summed E-state index contributed by atoms with van der Waals surface area (Å²) in [4.78, 5) is 10.8. The lowest BCUT2D eigenvalue weighted by Crippen LogP contribution is -2.14. The zero-order chi connectivity index (χ0) is 12.5. The first-order chi connectivity index (χ1) is 7.40. The van der Waals surface area contributed by atoms with Crippen LogP contribution < -0.4 is 4.74 Å². The highest BCUT2D eigenvalue weighted by atomic mass is 35.5. The molecule has 4 nitrogen and oxygen atoms in total. The van der Waals surface area contributed by atoms with E-state index in [1.54, 1.807) is 19.9 Å². The van der Waals surface area contributed by atoms with Crippen molar-refractivity contribution in [2.45, 2.75) is 20.0 Å². The van der Waals surface area contributed by atoms with Gasteiger partial charge in [0.2, 0.25) is 0 Å². The number of aliphatic hydroxyl groups is 1. The summed E-state index contributed by atoms with van der Waals surface area (Å²) in [5, 5.41) is 18.7. The van der Waals surface area contributed by atoms with Gasteiger partial charge in [0.05, 0.1) is 12.1 Å². The van der Waals surface area contributed by atoms with Crippen molar-refractivity contribution in [3.05, 3.63) is 27.8 Å². The Bertz CT molecular complexity index is 428. The van der Waals surface area contributed by atoms with Gasteiger partial charge < -0.3 is 14.9 Å². The maximum atomic E-state index is 10.8. The quantitative estimate of drug-likeness (QED) is 0.854. The molecule has 0 saturated carbocycles. The average Bonchev–Trinajstić information content (AvgIpc) is 2.21. The topological polar surface area (TPSA) is 66.8 Å². The smallest absolute Gasteiger partial charge is 0.337 e. The van der Waals surface area contributed by atoms with Crippen molar-refractivity contribution in [3.8, 4) is 5.75 Å². The fraction of sp³-hybridized carbons (Fsp3) is 0.364. The molecule has 0 spiro atoms. The molecule has 0 aliphatic heterocycles. The molecule has 0 aliphatic rings. The molecule has 1 aromatic carbocycles. The van der Waals surface area contributed by atoms with Crippen LogP contribution in [-0.2, 0) is 4.79 Å². The lowest BCUT2D eigenvalue weighted by atomic mass is 9.98. The normalized spacial score (nSPS) is 12.3. The predicted molar refractivity (Wildman–Crippen MR) is 60.1 cm³/mol. The van der Waals surface area contributed by atoms with Crippen LogP contribution in [0.2, 0.25) is 5.02 Å². The van der Waals surface area contributed by atoms with Crippen molar-refractivity contribution >= 4 is 17.6 Å². The summed E-state index contributed by atoms with van der Waals surface area (Å²) in [7, 11) is 1.38. The number of carbonyl (C=O) groups is 1. The van der Waals surface area contributed by atoms with Crippen molar-refractivity contribution in [1.29, 1.82) is 0 Å². The Morgan fingerprint density at radius 3 is 2.50 bits per heavy atom. The molecule has 5 heteroatoms. The van der Waals surface area contributed by atoms with Crippen molar-refractivity contribution in [2.24, 2.45) is 0 Å². The standard InChI is InChI=1S/C11H13ClO4/c1-5-4-7(12)10(16-3)8(6(5)2)9(13)11(14)15/h4,9,13H,1-3H3,(H,14,15). The monoisotopic (exact) mass is 244 g/mol. The third-order valence-electron chi connectivity index (χ3n) is 2.51. The molecule has 0 saturated heterocycles. The number of ether oxygens (including phenoxy) is 1. The number of aryl methyl sites for hydroxylation is 1. The van der Waals surface area contributed by atoms with E-state index in [1.807, 2.05) is 0 Å². The summed E-state index contributed by atoms with van der Waals surface area (Å²) in [6.07, 6.45) is -1.63. The summed E-state index contributed by atoms with van der Waals surface area (Å²) >= 11 is 5.93. The molecule has 0 bridgehead atoms. The molecule has 1 unspecified atom stereocenters. The summed E-state index contributed by atoms with van der Waals surface area (Å²) in [6, 6.07) is 1.67. The van der Waals surface area contributed by atoms with Crippen molar-refractivity contribution in [2.75, 3.05) is 7.11 Å². The van der Waals surface area contributed by atoms with Crippen LogP contribution >= 0.6 is 11.6 Å². The van der Waals surface area contributed by atoms with Gasteiger partial charge in [0.15, 0.2) is 6.10 Å². The molecule has 16 heavy (non-hydrogen) atoms. The maximum absolute atomic E-state index is 10.8. The zero-order valence-corrected chi connectivity index (χ0v) is 10.00. The third-order valence-corrected chi connectivity index (χ3v) is 2.79. The molecule has 0 heterocycles. The lowest BCUT2D eigenvalue weighted by Gasteiger charge is -2.17. The van der Waals surface area contributed by atoms with Gasteiger partial charge in [-0.25, -0.2) is 4.79 Å². The molecule has 1 atom stereocenters. The number of hydrogen-bond acceptors (Lipinski definition) is 3. The predicted octanol–water partition coefficient (Wildman–Crippen LogP) is 2.08. The highest BCUT2D eigenvalue weighted by molar-refractivity contribution is 6.32. The fourth-order valence-corrected chi connectivity index (χ4v) is 1.88. The summed E-state index contributed by atoms with van der Waals surface area (Å²) < 4.78 is 5.03. The van der Waals surface area contributed by atoms with Gasteiger partial charge >= 0.3 is 5.97 Å². The van der Waals surface area contributed by atoms with Gasteiger partial charge in [-0.05, 0) is 31.0 Å². The molecule has 0 radical (unpaired) electrons. The minimum atomic E-state index is -1.63. The van der Waals surface area contributed by atoms with Gasteiger partial charge in [-0.1, -0.05) is 11.6 Å². The van der Waals surface area contributed by atoms with Crippen LogP contribution in [0.25, 0.3) is 0 Å². The number of aliphatic carboxylic acids is 1. The Labute approximate surface area is 98.4 Å². The number of halogens is 1. The molecule has 0 aliphatic carbocycles. The Morgan fingerprint density at radius 2 is 2.06 bits per heavy atom. The van der Waals surface area contributed by atoms with Crippen LogP contribution in [0.1, 0.15) is 22.8 Å². The fourth-order valence-electron chi connectivity index (χ4n) is 1.54. The van der Waals surface area contributed by atoms with Gasteiger partial charge in [-0.2, -0.15) is 0 Å². The maximum Gasteiger partial charge on any atom is 0.337 e. The van der Waals surface area contributed by atoms with Gasteiger partial charge in [-0.3, -0.25) is 0 Å². The molecule has 88 valence electrons. The van der Waals surface area contributed by atoms with Crippen LogP contribution in [0.4, 0.5) is 0 Å². The van der Waals surface area contributed by atoms with Gasteiger partial charge in [-0.15, -0.1) is 0 Å². The van der Waals surface area contributed by atoms with E-state index in [4.69, 9.17) is 21.4 Å². The van der Waals surface area contributed by atoms with E-state index >= 15 is 0 Å². The first kappa shape index (κ1) is 12.8. The van der Waals surface area contributed by atoms with Crippen LogP contribution in [-0.4, -0.2) is 23.3 Å². The minimum Gasteiger partial charge on any atom is -0.495 e. The highest BCUT2D eigenvalue weighted by Gasteiger charge is 2.25. The first-order valence-electron chi connectivity index (χ1n) is 4.64. The number of carboxylic acids is 1. The van der Waals surface area contributed by atoms with E-state index in [0.717, 1.165) is 5.56 Å². The Balaban J connectivity index is 3.50. The minimum absolute atomic E-state index is 0.208. The van der Waals surface area contributed by atoms with Crippen molar-refractivity contribution in [1.82, 2.24) is 0 Å². The molecular formula is C11H13ClO4. The summed E-state index contributed by atoms with van der Waals surface area (Å²) in [5.74, 6) is -1.12. The van der Waals surface area contributed by atoms with Crippen LogP contribution in [0.5, 0.6) is 5.75 Å². The second kappa shape index (κ2) is 4.72. The number of methoxy groups -OCH3 is 1. The van der Waals surface area contributed by atoms with Crippen LogP contribution in [0, 0.1) is 13.8 Å². The SMILES string of the molecule is COc1c(Cl)cc(C)c(C)c1C(O)C(=O)O. The van der Waals surface area contributed by atoms with Gasteiger partial charge in [0.1, 0.15) is 5.75 Å². The third kappa shape index (κ3) is 2.13. The largest absolute Gasteiger partial charge is 0.495 e. The molecular weight excluding hydrogens is 232 g/mol. The van der Waals surface area contributed by atoms with E-state index < -0.39 is 12.1 Å². The molecule has 0 fully saturated rings. The first-order valence-corrected chi connectivity index (χ1v) is 5.02. The van der Waals surface area contributed by atoms with Crippen molar-refractivity contribution in [3.63, 3.8) is 0 Å².